The number of hydrogen-bond donors (Lipinski definition) is 1. The van der Waals surface area contributed by atoms with Crippen LogP contribution in [0.25, 0.3) is 0 Å². The number of aliphatic hydroxyl groups excluding tert-OH is 1. The fourth-order valence-corrected chi connectivity index (χ4v) is 0.977. The molecule has 0 fully saturated rings. The third-order valence-electron chi connectivity index (χ3n) is 1.57. The molecular weight excluding hydrogens is 211 g/mol. The van der Waals surface area contributed by atoms with E-state index in [0.717, 1.165) is 12.1 Å². The van der Waals surface area contributed by atoms with Crippen LogP contribution in [0, 0.1) is 11.3 Å². The van der Waals surface area contributed by atoms with Crippen LogP contribution in [0.3, 0.4) is 0 Å². The Kier molecular flexibility index (Phi) is 3.17. The Bertz CT molecular complexity index is 395. The number of halogens is 3. The topological polar surface area (TPSA) is 53.2 Å². The molecule has 0 aliphatic heterocycles. The van der Waals surface area contributed by atoms with Crippen molar-refractivity contribution >= 4 is 0 Å². The summed E-state index contributed by atoms with van der Waals surface area (Å²) in [5.41, 5.74) is 0.0833. The van der Waals surface area contributed by atoms with Gasteiger partial charge in [0.1, 0.15) is 11.8 Å². The van der Waals surface area contributed by atoms with E-state index in [1.165, 1.54) is 6.07 Å². The summed E-state index contributed by atoms with van der Waals surface area (Å²) in [7, 11) is 0. The molecule has 0 amide bonds. The lowest BCUT2D eigenvalue weighted by atomic mass is 10.1. The van der Waals surface area contributed by atoms with Gasteiger partial charge < -0.3 is 9.84 Å². The molecule has 0 unspecified atom stereocenters. The Labute approximate surface area is 83.3 Å². The first-order valence-corrected chi connectivity index (χ1v) is 3.86. The molecule has 0 radical (unpaired) electrons. The predicted octanol–water partition coefficient (Wildman–Crippen LogP) is 1.95. The van der Waals surface area contributed by atoms with Crippen molar-refractivity contribution < 1.29 is 23.0 Å². The molecule has 0 spiro atoms. The number of benzene rings is 1. The third-order valence-corrected chi connectivity index (χ3v) is 1.57. The normalized spacial score (nSPS) is 10.9. The summed E-state index contributed by atoms with van der Waals surface area (Å²) >= 11 is 0. The van der Waals surface area contributed by atoms with Crippen molar-refractivity contribution in [3.63, 3.8) is 0 Å². The zero-order valence-electron chi connectivity index (χ0n) is 7.38. The van der Waals surface area contributed by atoms with Gasteiger partial charge in [-0.3, -0.25) is 0 Å². The Hall–Kier alpha value is -1.74. The molecule has 0 aliphatic rings. The van der Waals surface area contributed by atoms with Gasteiger partial charge in [-0.25, -0.2) is 0 Å². The van der Waals surface area contributed by atoms with Crippen molar-refractivity contribution in [1.82, 2.24) is 0 Å². The predicted molar refractivity (Wildman–Crippen MR) is 43.8 cm³/mol. The molecule has 0 aliphatic carbocycles. The molecule has 1 N–H and O–H groups in total. The number of hydrogen-bond acceptors (Lipinski definition) is 3. The molecule has 0 bridgehead atoms. The Morgan fingerprint density at radius 1 is 1.40 bits per heavy atom. The third kappa shape index (κ3) is 3.14. The highest BCUT2D eigenvalue weighted by Gasteiger charge is 2.32. The quantitative estimate of drug-likeness (QED) is 0.823. The maximum atomic E-state index is 11.9. The van der Waals surface area contributed by atoms with E-state index in [4.69, 9.17) is 10.4 Å². The summed E-state index contributed by atoms with van der Waals surface area (Å²) in [4.78, 5) is 0. The average molecular weight is 217 g/mol. The Balaban J connectivity index is 3.04. The summed E-state index contributed by atoms with van der Waals surface area (Å²) in [6.07, 6.45) is -4.83. The molecule has 0 atom stereocenters. The first-order valence-electron chi connectivity index (χ1n) is 3.86. The van der Waals surface area contributed by atoms with E-state index < -0.39 is 12.1 Å². The first kappa shape index (κ1) is 11.3. The highest BCUT2D eigenvalue weighted by Crippen LogP contribution is 2.26. The molecule has 0 saturated carbocycles. The van der Waals surface area contributed by atoms with Crippen LogP contribution in [0.4, 0.5) is 13.2 Å². The molecule has 0 aromatic heterocycles. The van der Waals surface area contributed by atoms with Gasteiger partial charge in [0.2, 0.25) is 0 Å². The van der Waals surface area contributed by atoms with Gasteiger partial charge in [0.15, 0.2) is 0 Å². The average Bonchev–Trinajstić information content (AvgIpc) is 2.16. The number of nitriles is 1. The number of rotatable bonds is 2. The monoisotopic (exact) mass is 217 g/mol. The van der Waals surface area contributed by atoms with Crippen LogP contribution >= 0.6 is 0 Å². The van der Waals surface area contributed by atoms with Crippen LogP contribution in [-0.4, -0.2) is 11.5 Å². The first-order chi connectivity index (χ1) is 6.96. The zero-order chi connectivity index (χ0) is 11.5. The van der Waals surface area contributed by atoms with Crippen LogP contribution < -0.4 is 4.74 Å². The van der Waals surface area contributed by atoms with E-state index in [9.17, 15) is 13.2 Å². The van der Waals surface area contributed by atoms with Gasteiger partial charge in [-0.15, -0.1) is 13.2 Å². The second-order valence-corrected chi connectivity index (χ2v) is 2.65. The second kappa shape index (κ2) is 4.19. The van der Waals surface area contributed by atoms with Gasteiger partial charge in [0, 0.05) is 0 Å². The minimum Gasteiger partial charge on any atom is -0.404 e. The SMILES string of the molecule is N#Cc1cc(CO)ccc1OC(F)(F)F. The molecule has 80 valence electrons. The van der Waals surface area contributed by atoms with E-state index in [-0.39, 0.29) is 12.2 Å². The van der Waals surface area contributed by atoms with Crippen molar-refractivity contribution in [2.24, 2.45) is 0 Å². The summed E-state index contributed by atoms with van der Waals surface area (Å²) in [6, 6.07) is 4.95. The van der Waals surface area contributed by atoms with Crippen molar-refractivity contribution in [2.75, 3.05) is 0 Å². The fraction of sp³-hybridized carbons (Fsp3) is 0.222. The maximum Gasteiger partial charge on any atom is 0.573 e. The van der Waals surface area contributed by atoms with Crippen LogP contribution in [0.15, 0.2) is 18.2 Å². The van der Waals surface area contributed by atoms with E-state index >= 15 is 0 Å². The zero-order valence-corrected chi connectivity index (χ0v) is 7.38. The molecule has 1 rings (SSSR count). The number of aliphatic hydroxyl groups is 1. The van der Waals surface area contributed by atoms with Gasteiger partial charge in [-0.05, 0) is 17.7 Å². The minimum absolute atomic E-state index is 0.265. The van der Waals surface area contributed by atoms with Crippen LogP contribution in [0.5, 0.6) is 5.75 Å². The van der Waals surface area contributed by atoms with E-state index in [1.54, 1.807) is 6.07 Å². The molecule has 1 aromatic carbocycles. The van der Waals surface area contributed by atoms with E-state index in [2.05, 4.69) is 4.74 Å². The van der Waals surface area contributed by atoms with Crippen LogP contribution in [0.1, 0.15) is 11.1 Å². The van der Waals surface area contributed by atoms with Crippen molar-refractivity contribution in [2.45, 2.75) is 13.0 Å². The Morgan fingerprint density at radius 2 is 2.07 bits per heavy atom. The molecule has 15 heavy (non-hydrogen) atoms. The second-order valence-electron chi connectivity index (χ2n) is 2.65. The summed E-state index contributed by atoms with van der Waals surface area (Å²) in [6.45, 7) is -0.346. The fourth-order valence-electron chi connectivity index (χ4n) is 0.977. The van der Waals surface area contributed by atoms with Crippen LogP contribution in [-0.2, 0) is 6.61 Å². The van der Waals surface area contributed by atoms with E-state index in [1.807, 2.05) is 0 Å². The molecule has 1 aromatic rings. The van der Waals surface area contributed by atoms with E-state index in [0.29, 0.717) is 5.56 Å². The molecule has 0 saturated heterocycles. The van der Waals surface area contributed by atoms with Crippen LogP contribution in [0.2, 0.25) is 0 Å². The molecular formula is C9H6F3NO2. The van der Waals surface area contributed by atoms with Gasteiger partial charge in [0.25, 0.3) is 0 Å². The lowest BCUT2D eigenvalue weighted by molar-refractivity contribution is -0.274. The van der Waals surface area contributed by atoms with Crippen molar-refractivity contribution in [3.05, 3.63) is 29.3 Å². The minimum atomic E-state index is -4.83. The largest absolute Gasteiger partial charge is 0.573 e. The summed E-state index contributed by atoms with van der Waals surface area (Å²) in [5, 5.41) is 17.3. The Morgan fingerprint density at radius 3 is 2.53 bits per heavy atom. The highest BCUT2D eigenvalue weighted by molar-refractivity contribution is 5.45. The standard InChI is InChI=1S/C9H6F3NO2/c10-9(11,12)15-8-2-1-6(5-14)3-7(8)4-13/h1-3,14H,5H2. The lowest BCUT2D eigenvalue weighted by Gasteiger charge is -2.10. The number of ether oxygens (including phenoxy) is 1. The smallest absolute Gasteiger partial charge is 0.404 e. The van der Waals surface area contributed by atoms with Gasteiger partial charge in [0.05, 0.1) is 12.2 Å². The van der Waals surface area contributed by atoms with Crippen molar-refractivity contribution in [3.8, 4) is 11.8 Å². The number of nitrogens with zero attached hydrogens (tertiary/aromatic N) is 1. The highest BCUT2D eigenvalue weighted by atomic mass is 19.4. The molecule has 0 heterocycles. The number of alkyl halides is 3. The van der Waals surface area contributed by atoms with Gasteiger partial charge in [-0.2, -0.15) is 5.26 Å². The summed E-state index contributed by atoms with van der Waals surface area (Å²) in [5.74, 6) is -0.567. The van der Waals surface area contributed by atoms with Gasteiger partial charge >= 0.3 is 6.36 Å². The summed E-state index contributed by atoms with van der Waals surface area (Å²) < 4.78 is 39.2. The lowest BCUT2D eigenvalue weighted by Crippen LogP contribution is -2.17. The van der Waals surface area contributed by atoms with Gasteiger partial charge in [-0.1, -0.05) is 6.07 Å². The molecule has 6 heteroatoms. The molecule has 3 nitrogen and oxygen atoms in total. The maximum absolute atomic E-state index is 11.9. The van der Waals surface area contributed by atoms with Crippen molar-refractivity contribution in [1.29, 1.82) is 5.26 Å².